The average Bonchev–Trinajstić information content (AvgIpc) is 2.31. The third kappa shape index (κ3) is 6.99. The second-order valence-corrected chi connectivity index (χ2v) is 2.87. The molecule has 1 aromatic carbocycles. The predicted octanol–water partition coefficient (Wildman–Crippen LogP) is -1.20. The molecule has 0 fully saturated rings. The quantitative estimate of drug-likeness (QED) is 0.558. The summed E-state index contributed by atoms with van der Waals surface area (Å²) >= 11 is 0. The van der Waals surface area contributed by atoms with Crippen LogP contribution < -0.4 is 15.1 Å². The van der Waals surface area contributed by atoms with Crippen molar-refractivity contribution in [1.82, 2.24) is 4.98 Å². The molecule has 0 N–H and O–H groups in total. The first-order chi connectivity index (χ1) is 7.70. The van der Waals surface area contributed by atoms with Crippen molar-refractivity contribution in [1.29, 1.82) is 0 Å². The Morgan fingerprint density at radius 3 is 1.82 bits per heavy atom. The van der Waals surface area contributed by atoms with Gasteiger partial charge in [0.1, 0.15) is 0 Å². The van der Waals surface area contributed by atoms with Gasteiger partial charge < -0.3 is 15.1 Å². The largest absolute Gasteiger partial charge is 3.00 e. The fraction of sp³-hybridized carbons (Fsp3) is 0. The van der Waals surface area contributed by atoms with Gasteiger partial charge in [-0.05, 0) is 12.1 Å². The molecule has 0 aliphatic carbocycles. The third-order valence-corrected chi connectivity index (χ3v) is 1.73. The van der Waals surface area contributed by atoms with E-state index < -0.39 is 7.32 Å². The molecule has 0 saturated carbocycles. The normalized spacial score (nSPS) is 8.41. The Hall–Kier alpha value is -1.04. The van der Waals surface area contributed by atoms with E-state index in [0.717, 1.165) is 11.3 Å². The Labute approximate surface area is 114 Å². The molecule has 0 atom stereocenters. The van der Waals surface area contributed by atoms with E-state index in [0.29, 0.717) is 0 Å². The summed E-state index contributed by atoms with van der Waals surface area (Å²) in [6.07, 6.45) is 1.81. The molecule has 0 aliphatic rings. The summed E-state index contributed by atoms with van der Waals surface area (Å²) in [5.74, 6) is 0. The van der Waals surface area contributed by atoms with Gasteiger partial charge in [-0.1, -0.05) is 36.4 Å². The molecule has 17 heavy (non-hydrogen) atoms. The number of hydrogen-bond donors (Lipinski definition) is 0. The van der Waals surface area contributed by atoms with Crippen molar-refractivity contribution in [3.05, 3.63) is 54.7 Å². The van der Waals surface area contributed by atoms with Crippen LogP contribution in [0, 0.1) is 0 Å². The Morgan fingerprint density at radius 1 is 0.824 bits per heavy atom. The number of aromatic nitrogens is 1. The van der Waals surface area contributed by atoms with Crippen LogP contribution in [0.5, 0.6) is 0 Å². The maximum Gasteiger partial charge on any atom is 3.00 e. The van der Waals surface area contributed by atoms with Crippen molar-refractivity contribution in [3.63, 3.8) is 0 Å². The molecule has 0 amide bonds. The standard InChI is InChI=1S/C11H9N.BO3.Ir/c1-2-6-10(7-3-1)11-8-4-5-9-12-11;2-1(3)4;/h1-9H;;/q;-3;+3. The van der Waals surface area contributed by atoms with E-state index in [1.54, 1.807) is 0 Å². The summed E-state index contributed by atoms with van der Waals surface area (Å²) < 4.78 is 0. The van der Waals surface area contributed by atoms with Crippen LogP contribution in [0.4, 0.5) is 0 Å². The van der Waals surface area contributed by atoms with Crippen molar-refractivity contribution >= 4 is 7.32 Å². The van der Waals surface area contributed by atoms with Gasteiger partial charge in [-0.2, -0.15) is 0 Å². The van der Waals surface area contributed by atoms with Gasteiger partial charge in [0, 0.05) is 11.8 Å². The molecule has 6 heteroatoms. The zero-order valence-electron chi connectivity index (χ0n) is 8.78. The Balaban J connectivity index is 0.000000453. The molecule has 1 heterocycles. The molecular weight excluding hydrogens is 397 g/mol. The van der Waals surface area contributed by atoms with Gasteiger partial charge in [-0.25, -0.2) is 0 Å². The van der Waals surface area contributed by atoms with Gasteiger partial charge >= 0.3 is 20.1 Å². The minimum Gasteiger partial charge on any atom is -0.907 e. The van der Waals surface area contributed by atoms with Gasteiger partial charge in [-0.3, -0.25) is 12.3 Å². The van der Waals surface area contributed by atoms with E-state index in [-0.39, 0.29) is 20.1 Å². The van der Waals surface area contributed by atoms with Crippen LogP contribution in [0.3, 0.4) is 0 Å². The monoisotopic (exact) mass is 407 g/mol. The van der Waals surface area contributed by atoms with Crippen LogP contribution >= 0.6 is 0 Å². The average molecular weight is 406 g/mol. The van der Waals surface area contributed by atoms with Gasteiger partial charge in [0.2, 0.25) is 0 Å². The number of nitrogens with zero attached hydrogens (tertiary/aromatic N) is 1. The van der Waals surface area contributed by atoms with Crippen molar-refractivity contribution in [2.24, 2.45) is 0 Å². The molecule has 0 radical (unpaired) electrons. The first kappa shape index (κ1) is 16.0. The van der Waals surface area contributed by atoms with E-state index in [1.807, 2.05) is 42.6 Å². The van der Waals surface area contributed by atoms with Gasteiger partial charge in [-0.15, -0.1) is 0 Å². The molecule has 1 aromatic heterocycles. The maximum absolute atomic E-state index is 8.42. The molecule has 0 saturated heterocycles. The molecule has 88 valence electrons. The SMILES string of the molecule is [Ir+3].[O-]B([O-])[O-].c1ccc(-c2ccccn2)cc1. The topological polar surface area (TPSA) is 82.1 Å². The van der Waals surface area contributed by atoms with E-state index in [4.69, 9.17) is 15.1 Å². The molecule has 2 aromatic rings. The van der Waals surface area contributed by atoms with E-state index in [9.17, 15) is 0 Å². The first-order valence-corrected chi connectivity index (χ1v) is 4.64. The molecule has 0 unspecified atom stereocenters. The fourth-order valence-corrected chi connectivity index (χ4v) is 1.14. The predicted molar refractivity (Wildman–Crippen MR) is 55.4 cm³/mol. The van der Waals surface area contributed by atoms with Gasteiger partial charge in [0.25, 0.3) is 0 Å². The summed E-state index contributed by atoms with van der Waals surface area (Å²) in [5.41, 5.74) is 2.19. The Morgan fingerprint density at radius 2 is 1.35 bits per heavy atom. The second-order valence-electron chi connectivity index (χ2n) is 2.87. The van der Waals surface area contributed by atoms with Crippen molar-refractivity contribution in [2.75, 3.05) is 0 Å². The van der Waals surface area contributed by atoms with Crippen LogP contribution in [0.1, 0.15) is 0 Å². The molecular formula is C11H9BIrNO3. The Kier molecular flexibility index (Phi) is 8.49. The van der Waals surface area contributed by atoms with Crippen LogP contribution in [0.2, 0.25) is 0 Å². The molecule has 2 rings (SSSR count). The first-order valence-electron chi connectivity index (χ1n) is 4.64. The molecule has 0 spiro atoms. The second kappa shape index (κ2) is 9.04. The number of benzene rings is 1. The summed E-state index contributed by atoms with van der Waals surface area (Å²) in [4.78, 5) is 4.25. The number of rotatable bonds is 1. The van der Waals surface area contributed by atoms with Crippen LogP contribution in [-0.4, -0.2) is 12.3 Å². The van der Waals surface area contributed by atoms with E-state index in [2.05, 4.69) is 17.1 Å². The van der Waals surface area contributed by atoms with E-state index >= 15 is 0 Å². The number of pyridine rings is 1. The minimum absolute atomic E-state index is 0. The summed E-state index contributed by atoms with van der Waals surface area (Å²) in [7, 11) is -2.92. The maximum atomic E-state index is 8.42. The zero-order chi connectivity index (χ0) is 11.8. The fourth-order valence-electron chi connectivity index (χ4n) is 1.14. The van der Waals surface area contributed by atoms with Crippen LogP contribution in [-0.2, 0) is 20.1 Å². The van der Waals surface area contributed by atoms with Crippen LogP contribution in [0.25, 0.3) is 11.3 Å². The minimum atomic E-state index is -2.92. The number of hydrogen-bond acceptors (Lipinski definition) is 4. The zero-order valence-corrected chi connectivity index (χ0v) is 11.2. The molecule has 0 aliphatic heterocycles. The summed E-state index contributed by atoms with van der Waals surface area (Å²) in [6.45, 7) is 0. The van der Waals surface area contributed by atoms with Crippen molar-refractivity contribution in [2.45, 2.75) is 0 Å². The van der Waals surface area contributed by atoms with Crippen LogP contribution in [0.15, 0.2) is 54.7 Å². The summed E-state index contributed by atoms with van der Waals surface area (Å²) in [6, 6.07) is 16.1. The van der Waals surface area contributed by atoms with E-state index in [1.165, 1.54) is 0 Å². The molecule has 4 nitrogen and oxygen atoms in total. The molecule has 0 bridgehead atoms. The smallest absolute Gasteiger partial charge is 0.907 e. The summed E-state index contributed by atoms with van der Waals surface area (Å²) in [5, 5.41) is 25.2. The third-order valence-electron chi connectivity index (χ3n) is 1.73. The van der Waals surface area contributed by atoms with Crippen molar-refractivity contribution < 1.29 is 35.2 Å². The Bertz CT molecular complexity index is 360. The van der Waals surface area contributed by atoms with Crippen molar-refractivity contribution in [3.8, 4) is 11.3 Å². The van der Waals surface area contributed by atoms with Gasteiger partial charge in [0.05, 0.1) is 5.69 Å². The van der Waals surface area contributed by atoms with Gasteiger partial charge in [0.15, 0.2) is 0 Å².